The van der Waals surface area contributed by atoms with Crippen LogP contribution in [0.25, 0.3) is 0 Å². The second-order valence-electron chi connectivity index (χ2n) is 4.82. The van der Waals surface area contributed by atoms with Gasteiger partial charge in [0.2, 0.25) is 0 Å². The van der Waals surface area contributed by atoms with Crippen molar-refractivity contribution in [1.29, 1.82) is 0 Å². The second kappa shape index (κ2) is 4.08. The van der Waals surface area contributed by atoms with Crippen molar-refractivity contribution in [3.63, 3.8) is 0 Å². The van der Waals surface area contributed by atoms with Crippen LogP contribution in [0.15, 0.2) is 4.79 Å². The maximum Gasteiger partial charge on any atom is 0.264 e. The summed E-state index contributed by atoms with van der Waals surface area (Å²) in [6.07, 6.45) is 0. The van der Waals surface area contributed by atoms with Crippen LogP contribution < -0.4 is 10.9 Å². The quantitative estimate of drug-likeness (QED) is 0.743. The molecule has 0 aliphatic carbocycles. The Hall–Kier alpha value is -1.65. The van der Waals surface area contributed by atoms with Gasteiger partial charge in [-0.05, 0) is 34.6 Å². The van der Waals surface area contributed by atoms with E-state index in [1.54, 1.807) is 13.8 Å². The van der Waals surface area contributed by atoms with E-state index in [9.17, 15) is 9.59 Å². The Morgan fingerprint density at radius 1 is 1.31 bits per heavy atom. The molecule has 16 heavy (non-hydrogen) atoms. The van der Waals surface area contributed by atoms with Crippen molar-refractivity contribution >= 4 is 5.91 Å². The first kappa shape index (κ1) is 12.4. The van der Waals surface area contributed by atoms with Crippen LogP contribution in [0.1, 0.15) is 42.6 Å². The Kier molecular flexibility index (Phi) is 3.16. The van der Waals surface area contributed by atoms with Crippen molar-refractivity contribution < 1.29 is 4.79 Å². The minimum Gasteiger partial charge on any atom is -0.347 e. The molecule has 1 aromatic rings. The number of hydrogen-bond acceptors (Lipinski definition) is 3. The Labute approximate surface area is 94.3 Å². The second-order valence-corrected chi connectivity index (χ2v) is 4.82. The Morgan fingerprint density at radius 3 is 2.31 bits per heavy atom. The third-order valence-corrected chi connectivity index (χ3v) is 1.93. The third-order valence-electron chi connectivity index (χ3n) is 1.93. The van der Waals surface area contributed by atoms with Crippen molar-refractivity contribution in [3.8, 4) is 0 Å². The van der Waals surface area contributed by atoms with E-state index < -0.39 is 11.5 Å². The van der Waals surface area contributed by atoms with Gasteiger partial charge in [0.05, 0.1) is 5.69 Å². The number of aromatic amines is 1. The van der Waals surface area contributed by atoms with E-state index in [0.717, 1.165) is 0 Å². The number of hydrogen-bond donors (Lipinski definition) is 2. The lowest BCUT2D eigenvalue weighted by atomic mass is 10.1. The molecule has 1 rings (SSSR count). The molecule has 1 aromatic heterocycles. The van der Waals surface area contributed by atoms with Crippen LogP contribution in [-0.2, 0) is 0 Å². The highest BCUT2D eigenvalue weighted by atomic mass is 16.2. The molecule has 0 aliphatic heterocycles. The minimum absolute atomic E-state index is 0.0838. The highest BCUT2D eigenvalue weighted by Crippen LogP contribution is 2.04. The fraction of sp³-hybridized carbons (Fsp3) is 0.545. The van der Waals surface area contributed by atoms with Crippen LogP contribution in [0.2, 0.25) is 0 Å². The van der Waals surface area contributed by atoms with Crippen LogP contribution in [0.4, 0.5) is 0 Å². The molecule has 0 radical (unpaired) electrons. The van der Waals surface area contributed by atoms with E-state index in [0.29, 0.717) is 11.5 Å². The third kappa shape index (κ3) is 2.92. The molecule has 2 N–H and O–H groups in total. The molecule has 5 heteroatoms. The molecule has 88 valence electrons. The number of H-pyrrole nitrogens is 1. The molecule has 0 unspecified atom stereocenters. The number of aromatic nitrogens is 2. The number of nitrogens with one attached hydrogen (secondary N) is 2. The van der Waals surface area contributed by atoms with Gasteiger partial charge in [-0.1, -0.05) is 0 Å². The lowest BCUT2D eigenvalue weighted by molar-refractivity contribution is 0.0917. The van der Waals surface area contributed by atoms with Crippen LogP contribution in [0, 0.1) is 13.8 Å². The van der Waals surface area contributed by atoms with Crippen LogP contribution in [0.3, 0.4) is 0 Å². The van der Waals surface area contributed by atoms with Gasteiger partial charge in [0, 0.05) is 5.54 Å². The van der Waals surface area contributed by atoms with Gasteiger partial charge >= 0.3 is 0 Å². The van der Waals surface area contributed by atoms with Crippen LogP contribution >= 0.6 is 0 Å². The molecule has 0 saturated carbocycles. The van der Waals surface area contributed by atoms with Crippen molar-refractivity contribution in [2.75, 3.05) is 0 Å². The highest BCUT2D eigenvalue weighted by molar-refractivity contribution is 5.95. The monoisotopic (exact) mass is 223 g/mol. The molecule has 0 fully saturated rings. The van der Waals surface area contributed by atoms with Crippen molar-refractivity contribution in [2.45, 2.75) is 40.2 Å². The Balaban J connectivity index is 3.15. The Morgan fingerprint density at radius 2 is 1.88 bits per heavy atom. The predicted octanol–water partition coefficient (Wildman–Crippen LogP) is 0.915. The average molecular weight is 223 g/mol. The van der Waals surface area contributed by atoms with Crippen LogP contribution in [0.5, 0.6) is 0 Å². The van der Waals surface area contributed by atoms with E-state index >= 15 is 0 Å². The van der Waals surface area contributed by atoms with Gasteiger partial charge in [-0.25, -0.2) is 4.98 Å². The molecule has 1 amide bonds. The van der Waals surface area contributed by atoms with Gasteiger partial charge in [-0.2, -0.15) is 0 Å². The first-order valence-electron chi connectivity index (χ1n) is 5.11. The molecule has 0 atom stereocenters. The van der Waals surface area contributed by atoms with E-state index in [1.807, 2.05) is 20.8 Å². The Bertz CT molecular complexity index is 469. The normalized spacial score (nSPS) is 11.3. The van der Waals surface area contributed by atoms with Gasteiger partial charge in [0.25, 0.3) is 11.5 Å². The zero-order valence-corrected chi connectivity index (χ0v) is 10.3. The molecule has 5 nitrogen and oxygen atoms in total. The van der Waals surface area contributed by atoms with E-state index in [-0.39, 0.29) is 11.1 Å². The summed E-state index contributed by atoms with van der Waals surface area (Å²) in [4.78, 5) is 30.1. The largest absolute Gasteiger partial charge is 0.347 e. The van der Waals surface area contributed by atoms with Crippen LogP contribution in [-0.4, -0.2) is 21.4 Å². The number of carbonyl (C=O) groups excluding carboxylic acids is 1. The van der Waals surface area contributed by atoms with E-state index in [4.69, 9.17) is 0 Å². The summed E-state index contributed by atoms with van der Waals surface area (Å²) in [5.41, 5.74) is -0.240. The average Bonchev–Trinajstić information content (AvgIpc) is 1.96. The fourth-order valence-electron chi connectivity index (χ4n) is 1.40. The molecule has 0 bridgehead atoms. The summed E-state index contributed by atoms with van der Waals surface area (Å²) >= 11 is 0. The lowest BCUT2D eigenvalue weighted by Crippen LogP contribution is -2.43. The van der Waals surface area contributed by atoms with Gasteiger partial charge in [-0.15, -0.1) is 0 Å². The molecular weight excluding hydrogens is 206 g/mol. The highest BCUT2D eigenvalue weighted by Gasteiger charge is 2.20. The first-order chi connectivity index (χ1) is 7.20. The molecule has 0 spiro atoms. The smallest absolute Gasteiger partial charge is 0.264 e. The predicted molar refractivity (Wildman–Crippen MR) is 61.6 cm³/mol. The number of amides is 1. The number of rotatable bonds is 1. The molecule has 0 aromatic carbocycles. The lowest BCUT2D eigenvalue weighted by Gasteiger charge is -2.20. The summed E-state index contributed by atoms with van der Waals surface area (Å²) in [5.74, 6) is 0.119. The molecule has 0 aliphatic rings. The summed E-state index contributed by atoms with van der Waals surface area (Å²) in [6, 6.07) is 0. The van der Waals surface area contributed by atoms with E-state index in [2.05, 4.69) is 15.3 Å². The fourth-order valence-corrected chi connectivity index (χ4v) is 1.40. The van der Waals surface area contributed by atoms with Crippen molar-refractivity contribution in [3.05, 3.63) is 27.4 Å². The standard InChI is InChI=1S/C11H17N3O2/c1-6-8(9(15)13-7(2)12-6)10(16)14-11(3,4)5/h1-5H3,(H,14,16)(H,12,13,15). The summed E-state index contributed by atoms with van der Waals surface area (Å²) in [5, 5.41) is 2.74. The maximum absolute atomic E-state index is 11.8. The first-order valence-corrected chi connectivity index (χ1v) is 5.11. The van der Waals surface area contributed by atoms with Gasteiger partial charge < -0.3 is 10.3 Å². The molecular formula is C11H17N3O2. The minimum atomic E-state index is -0.397. The summed E-state index contributed by atoms with van der Waals surface area (Å²) < 4.78 is 0. The number of aryl methyl sites for hydroxylation is 2. The molecule has 0 saturated heterocycles. The van der Waals surface area contributed by atoms with Gasteiger partial charge in [-0.3, -0.25) is 9.59 Å². The summed E-state index contributed by atoms with van der Waals surface area (Å²) in [7, 11) is 0. The summed E-state index contributed by atoms with van der Waals surface area (Å²) in [6.45, 7) is 8.90. The van der Waals surface area contributed by atoms with Gasteiger partial charge in [0.1, 0.15) is 11.4 Å². The number of nitrogens with zero attached hydrogens (tertiary/aromatic N) is 1. The number of carbonyl (C=O) groups is 1. The zero-order valence-electron chi connectivity index (χ0n) is 10.3. The zero-order chi connectivity index (χ0) is 12.5. The SMILES string of the molecule is Cc1nc(C)c(C(=O)NC(C)(C)C)c(=O)[nH]1. The molecule has 1 heterocycles. The maximum atomic E-state index is 11.8. The topological polar surface area (TPSA) is 74.8 Å². The van der Waals surface area contributed by atoms with E-state index in [1.165, 1.54) is 0 Å². The van der Waals surface area contributed by atoms with Gasteiger partial charge in [0.15, 0.2) is 0 Å². The van der Waals surface area contributed by atoms with Crippen molar-refractivity contribution in [2.24, 2.45) is 0 Å². The van der Waals surface area contributed by atoms with Crippen molar-refractivity contribution in [1.82, 2.24) is 15.3 Å².